The van der Waals surface area contributed by atoms with Crippen LogP contribution in [-0.4, -0.2) is 36.5 Å². The number of benzene rings is 1. The van der Waals surface area contributed by atoms with E-state index in [1.807, 2.05) is 17.9 Å². The number of hydrogen-bond acceptors (Lipinski definition) is 2. The van der Waals surface area contributed by atoms with Gasteiger partial charge in [-0.3, -0.25) is 4.79 Å². The molecule has 0 aromatic heterocycles. The smallest absolute Gasteiger partial charge is 0.255 e. The van der Waals surface area contributed by atoms with Crippen LogP contribution in [0, 0.1) is 0 Å². The van der Waals surface area contributed by atoms with Crippen LogP contribution in [-0.2, 0) is 0 Å². The van der Waals surface area contributed by atoms with Crippen molar-refractivity contribution in [1.82, 2.24) is 10.2 Å². The van der Waals surface area contributed by atoms with E-state index >= 15 is 0 Å². The largest absolute Gasteiger partial charge is 0.333 e. The molecule has 0 unspecified atom stereocenters. The van der Waals surface area contributed by atoms with E-state index in [9.17, 15) is 4.79 Å². The molecule has 1 aromatic rings. The molecule has 0 saturated carbocycles. The highest BCUT2D eigenvalue weighted by atomic mass is 79.9. The van der Waals surface area contributed by atoms with Crippen molar-refractivity contribution >= 4 is 45.8 Å². The van der Waals surface area contributed by atoms with Gasteiger partial charge < -0.3 is 10.2 Å². The van der Waals surface area contributed by atoms with E-state index < -0.39 is 0 Å². The van der Waals surface area contributed by atoms with Gasteiger partial charge in [-0.05, 0) is 41.1 Å². The molecule has 100 valence electrons. The second-order valence-corrected chi connectivity index (χ2v) is 5.47. The predicted molar refractivity (Wildman–Crippen MR) is 79.8 cm³/mol. The van der Waals surface area contributed by atoms with Crippen LogP contribution in [0.15, 0.2) is 22.7 Å². The minimum Gasteiger partial charge on any atom is -0.333 e. The van der Waals surface area contributed by atoms with Crippen molar-refractivity contribution in [3.05, 3.63) is 33.3 Å². The van der Waals surface area contributed by atoms with Crippen LogP contribution >= 0.6 is 39.9 Å². The molecule has 0 bridgehead atoms. The van der Waals surface area contributed by atoms with E-state index in [-0.39, 0.29) is 24.4 Å². The fourth-order valence-electron chi connectivity index (χ4n) is 1.96. The summed E-state index contributed by atoms with van der Waals surface area (Å²) in [6, 6.07) is 5.50. The monoisotopic (exact) mass is 352 g/mol. The first kappa shape index (κ1) is 15.8. The van der Waals surface area contributed by atoms with Gasteiger partial charge in [0.15, 0.2) is 0 Å². The van der Waals surface area contributed by atoms with Crippen molar-refractivity contribution in [2.24, 2.45) is 0 Å². The highest BCUT2D eigenvalue weighted by Crippen LogP contribution is 2.23. The van der Waals surface area contributed by atoms with E-state index in [0.29, 0.717) is 10.6 Å². The number of nitrogens with one attached hydrogen (secondary N) is 1. The molecule has 2 rings (SSSR count). The van der Waals surface area contributed by atoms with Crippen LogP contribution in [0.1, 0.15) is 17.3 Å². The zero-order valence-electron chi connectivity index (χ0n) is 9.95. The quantitative estimate of drug-likeness (QED) is 0.841. The predicted octanol–water partition coefficient (Wildman–Crippen LogP) is 2.96. The highest BCUT2D eigenvalue weighted by Gasteiger charge is 2.25. The fourth-order valence-corrected chi connectivity index (χ4v) is 2.55. The van der Waals surface area contributed by atoms with Crippen molar-refractivity contribution in [3.63, 3.8) is 0 Å². The molecule has 1 amide bonds. The number of rotatable bonds is 1. The Morgan fingerprint density at radius 1 is 1.56 bits per heavy atom. The Bertz CT molecular complexity index is 442. The molecule has 1 aliphatic rings. The lowest BCUT2D eigenvalue weighted by Crippen LogP contribution is -2.52. The van der Waals surface area contributed by atoms with Gasteiger partial charge >= 0.3 is 0 Å². The van der Waals surface area contributed by atoms with Crippen LogP contribution in [0.25, 0.3) is 0 Å². The van der Waals surface area contributed by atoms with Gasteiger partial charge in [-0.15, -0.1) is 12.4 Å². The van der Waals surface area contributed by atoms with Crippen LogP contribution in [0.4, 0.5) is 0 Å². The number of carbonyl (C=O) groups is 1. The average molecular weight is 354 g/mol. The summed E-state index contributed by atoms with van der Waals surface area (Å²) < 4.78 is 0.789. The summed E-state index contributed by atoms with van der Waals surface area (Å²) in [7, 11) is 0. The normalized spacial score (nSPS) is 19.3. The third-order valence-electron chi connectivity index (χ3n) is 2.92. The molecule has 6 heteroatoms. The van der Waals surface area contributed by atoms with Crippen LogP contribution in [0.5, 0.6) is 0 Å². The van der Waals surface area contributed by atoms with Crippen molar-refractivity contribution in [2.45, 2.75) is 13.0 Å². The van der Waals surface area contributed by atoms with Gasteiger partial charge in [0, 0.05) is 35.2 Å². The molecule has 1 saturated heterocycles. The third kappa shape index (κ3) is 3.38. The summed E-state index contributed by atoms with van der Waals surface area (Å²) in [4.78, 5) is 14.3. The number of hydrogen-bond donors (Lipinski definition) is 1. The first-order valence-electron chi connectivity index (χ1n) is 5.56. The molecule has 0 radical (unpaired) electrons. The standard InChI is InChI=1S/C12H14BrClN2O.ClH/c1-8-7-15-4-5-16(8)12(17)10-6-9(14)2-3-11(10)13;/h2-3,6,8,15H,4-5,7H2,1H3;1H/t8-;/m1./s1. The lowest BCUT2D eigenvalue weighted by Gasteiger charge is -2.34. The number of nitrogens with zero attached hydrogens (tertiary/aromatic N) is 1. The first-order valence-corrected chi connectivity index (χ1v) is 6.73. The number of halogens is 3. The Morgan fingerprint density at radius 3 is 2.94 bits per heavy atom. The summed E-state index contributed by atoms with van der Waals surface area (Å²) in [5.41, 5.74) is 0.631. The molecule has 1 aliphatic heterocycles. The molecular formula is C12H15BrCl2N2O. The summed E-state index contributed by atoms with van der Waals surface area (Å²) >= 11 is 9.33. The number of carbonyl (C=O) groups excluding carboxylic acids is 1. The molecular weight excluding hydrogens is 339 g/mol. The lowest BCUT2D eigenvalue weighted by molar-refractivity contribution is 0.0655. The SMILES string of the molecule is C[C@@H]1CNCCN1C(=O)c1cc(Cl)ccc1Br.Cl. The number of amides is 1. The first-order chi connectivity index (χ1) is 8.09. The maximum atomic E-state index is 12.4. The van der Waals surface area contributed by atoms with Gasteiger partial charge in [0.05, 0.1) is 5.56 Å². The van der Waals surface area contributed by atoms with E-state index in [2.05, 4.69) is 21.2 Å². The topological polar surface area (TPSA) is 32.3 Å². The third-order valence-corrected chi connectivity index (χ3v) is 3.85. The van der Waals surface area contributed by atoms with Crippen molar-refractivity contribution < 1.29 is 4.79 Å². The zero-order valence-corrected chi connectivity index (χ0v) is 13.1. The van der Waals surface area contributed by atoms with Gasteiger partial charge in [0.1, 0.15) is 0 Å². The Labute approximate surface area is 126 Å². The summed E-state index contributed by atoms with van der Waals surface area (Å²) in [6.07, 6.45) is 0. The Morgan fingerprint density at radius 2 is 2.28 bits per heavy atom. The van der Waals surface area contributed by atoms with Gasteiger partial charge in [-0.2, -0.15) is 0 Å². The molecule has 1 N–H and O–H groups in total. The van der Waals surface area contributed by atoms with Crippen LogP contribution in [0.2, 0.25) is 5.02 Å². The average Bonchev–Trinajstić information content (AvgIpc) is 2.32. The minimum absolute atomic E-state index is 0. The van der Waals surface area contributed by atoms with Crippen LogP contribution in [0.3, 0.4) is 0 Å². The molecule has 3 nitrogen and oxygen atoms in total. The summed E-state index contributed by atoms with van der Waals surface area (Å²) in [5.74, 6) is 0.0355. The molecule has 0 aliphatic carbocycles. The van der Waals surface area contributed by atoms with E-state index in [1.54, 1.807) is 12.1 Å². The maximum Gasteiger partial charge on any atom is 0.255 e. The Hall–Kier alpha value is -0.290. The Kier molecular flexibility index (Phi) is 5.92. The van der Waals surface area contributed by atoms with Crippen molar-refractivity contribution in [3.8, 4) is 0 Å². The fraction of sp³-hybridized carbons (Fsp3) is 0.417. The van der Waals surface area contributed by atoms with Gasteiger partial charge in [-0.1, -0.05) is 11.6 Å². The zero-order chi connectivity index (χ0) is 12.4. The second kappa shape index (κ2) is 6.75. The molecule has 18 heavy (non-hydrogen) atoms. The van der Waals surface area contributed by atoms with Crippen LogP contribution < -0.4 is 5.32 Å². The summed E-state index contributed by atoms with van der Waals surface area (Å²) in [6.45, 7) is 4.46. The number of piperazine rings is 1. The Balaban J connectivity index is 0.00000162. The van der Waals surface area contributed by atoms with E-state index in [4.69, 9.17) is 11.6 Å². The van der Waals surface area contributed by atoms with E-state index in [1.165, 1.54) is 0 Å². The minimum atomic E-state index is 0. The van der Waals surface area contributed by atoms with Gasteiger partial charge in [0.2, 0.25) is 0 Å². The highest BCUT2D eigenvalue weighted by molar-refractivity contribution is 9.10. The van der Waals surface area contributed by atoms with Crippen molar-refractivity contribution in [2.75, 3.05) is 19.6 Å². The molecule has 1 heterocycles. The lowest BCUT2D eigenvalue weighted by atomic mass is 10.1. The van der Waals surface area contributed by atoms with Crippen molar-refractivity contribution in [1.29, 1.82) is 0 Å². The molecule has 1 aromatic carbocycles. The molecule has 1 fully saturated rings. The second-order valence-electron chi connectivity index (χ2n) is 4.18. The van der Waals surface area contributed by atoms with Gasteiger partial charge in [0.25, 0.3) is 5.91 Å². The van der Waals surface area contributed by atoms with E-state index in [0.717, 1.165) is 24.1 Å². The van der Waals surface area contributed by atoms with Gasteiger partial charge in [-0.25, -0.2) is 0 Å². The maximum absolute atomic E-state index is 12.4. The molecule has 0 spiro atoms. The summed E-state index contributed by atoms with van der Waals surface area (Å²) in [5, 5.41) is 3.85. The molecule has 1 atom stereocenters.